The molecule has 1 N–H and O–H groups in total. The van der Waals surface area contributed by atoms with E-state index in [0.29, 0.717) is 0 Å². The summed E-state index contributed by atoms with van der Waals surface area (Å²) >= 11 is 0. The molecule has 0 atom stereocenters. The van der Waals surface area contributed by atoms with E-state index >= 15 is 0 Å². The minimum absolute atomic E-state index is 0.139. The number of piperazine rings is 1. The molecule has 0 amide bonds. The zero-order chi connectivity index (χ0) is 22.1. The van der Waals surface area contributed by atoms with Crippen molar-refractivity contribution >= 4 is 10.0 Å². The van der Waals surface area contributed by atoms with Crippen molar-refractivity contribution in [3.05, 3.63) is 73.6 Å². The third-order valence-corrected chi connectivity index (χ3v) is 7.03. The SMILES string of the molecule is CNC1=C([N+](=O)[O-])CC([N+](=O)[O-])=C(N2CCN(S(=O)(=O)c3ccccc3)CC2)N1C. The smallest absolute Gasteiger partial charge is 0.297 e. The number of rotatable bonds is 6. The topological polar surface area (TPSA) is 142 Å². The molecule has 2 aliphatic heterocycles. The minimum atomic E-state index is -3.66. The van der Waals surface area contributed by atoms with Crippen LogP contribution in [0.5, 0.6) is 0 Å². The number of hydrogen-bond acceptors (Lipinski definition) is 9. The van der Waals surface area contributed by atoms with Gasteiger partial charge in [0.05, 0.1) is 14.7 Å². The number of hydrogen-bond donors (Lipinski definition) is 1. The van der Waals surface area contributed by atoms with E-state index in [0.717, 1.165) is 0 Å². The van der Waals surface area contributed by atoms with Gasteiger partial charge in [-0.25, -0.2) is 8.42 Å². The summed E-state index contributed by atoms with van der Waals surface area (Å²) in [5, 5.41) is 25.7. The van der Waals surface area contributed by atoms with Crippen LogP contribution in [-0.2, 0) is 10.0 Å². The minimum Gasteiger partial charge on any atom is -0.369 e. The predicted molar refractivity (Wildman–Crippen MR) is 106 cm³/mol. The van der Waals surface area contributed by atoms with Gasteiger partial charge in [-0.3, -0.25) is 20.2 Å². The van der Waals surface area contributed by atoms with Crippen molar-refractivity contribution in [3.63, 3.8) is 0 Å². The first-order valence-electron chi connectivity index (χ1n) is 9.15. The molecule has 2 aliphatic rings. The van der Waals surface area contributed by atoms with E-state index in [1.807, 2.05) is 0 Å². The van der Waals surface area contributed by atoms with Crippen LogP contribution in [0.15, 0.2) is 58.3 Å². The van der Waals surface area contributed by atoms with Gasteiger partial charge in [0.1, 0.15) is 6.42 Å². The quantitative estimate of drug-likeness (QED) is 0.494. The van der Waals surface area contributed by atoms with Gasteiger partial charge in [0.2, 0.25) is 10.0 Å². The molecule has 30 heavy (non-hydrogen) atoms. The molecule has 0 radical (unpaired) electrons. The van der Waals surface area contributed by atoms with Crippen LogP contribution in [0.25, 0.3) is 0 Å². The van der Waals surface area contributed by atoms with Gasteiger partial charge in [0.15, 0.2) is 11.6 Å². The summed E-state index contributed by atoms with van der Waals surface area (Å²) < 4.78 is 27.0. The molecule has 1 aromatic carbocycles. The monoisotopic (exact) mass is 438 g/mol. The molecule has 1 saturated heterocycles. The molecule has 1 fully saturated rings. The fraction of sp³-hybridized carbons (Fsp3) is 0.412. The van der Waals surface area contributed by atoms with Gasteiger partial charge in [-0.05, 0) is 12.1 Å². The Morgan fingerprint density at radius 1 is 0.967 bits per heavy atom. The summed E-state index contributed by atoms with van der Waals surface area (Å²) in [5.41, 5.74) is -0.580. The second-order valence-corrected chi connectivity index (χ2v) is 8.71. The highest BCUT2D eigenvalue weighted by molar-refractivity contribution is 7.89. The molecule has 0 bridgehead atoms. The van der Waals surface area contributed by atoms with E-state index < -0.39 is 26.3 Å². The van der Waals surface area contributed by atoms with E-state index in [9.17, 15) is 28.6 Å². The van der Waals surface area contributed by atoms with Gasteiger partial charge >= 0.3 is 0 Å². The molecule has 2 heterocycles. The molecule has 0 aromatic heterocycles. The van der Waals surface area contributed by atoms with Crippen molar-refractivity contribution in [3.8, 4) is 0 Å². The average molecular weight is 438 g/mol. The Balaban J connectivity index is 1.85. The summed E-state index contributed by atoms with van der Waals surface area (Å²) in [5.74, 6) is 0.395. The summed E-state index contributed by atoms with van der Waals surface area (Å²) in [6.07, 6.45) is -0.432. The van der Waals surface area contributed by atoms with Crippen molar-refractivity contribution in [1.82, 2.24) is 19.4 Å². The molecule has 3 rings (SSSR count). The van der Waals surface area contributed by atoms with Crippen molar-refractivity contribution in [2.45, 2.75) is 11.3 Å². The molecule has 0 spiro atoms. The van der Waals surface area contributed by atoms with Crippen LogP contribution in [0, 0.1) is 20.2 Å². The summed E-state index contributed by atoms with van der Waals surface area (Å²) in [6, 6.07) is 8.06. The number of nitrogens with one attached hydrogen (secondary N) is 1. The van der Waals surface area contributed by atoms with Gasteiger partial charge in [-0.2, -0.15) is 4.31 Å². The lowest BCUT2D eigenvalue weighted by molar-refractivity contribution is -0.455. The molecule has 1 aromatic rings. The Morgan fingerprint density at radius 2 is 1.53 bits per heavy atom. The number of benzene rings is 1. The largest absolute Gasteiger partial charge is 0.369 e. The average Bonchev–Trinajstić information content (AvgIpc) is 2.73. The third kappa shape index (κ3) is 3.80. The fourth-order valence-electron chi connectivity index (χ4n) is 3.70. The van der Waals surface area contributed by atoms with Gasteiger partial charge in [-0.1, -0.05) is 18.2 Å². The van der Waals surface area contributed by atoms with Crippen LogP contribution in [-0.4, -0.2) is 72.6 Å². The van der Waals surface area contributed by atoms with Crippen LogP contribution in [0.3, 0.4) is 0 Å². The van der Waals surface area contributed by atoms with E-state index in [2.05, 4.69) is 5.32 Å². The molecule has 12 nitrogen and oxygen atoms in total. The molecule has 162 valence electrons. The Labute approximate surface area is 173 Å². The Kier molecular flexibility index (Phi) is 5.94. The van der Waals surface area contributed by atoms with Gasteiger partial charge in [0, 0.05) is 40.3 Å². The number of nitro groups is 2. The van der Waals surface area contributed by atoms with Crippen LogP contribution in [0.4, 0.5) is 0 Å². The van der Waals surface area contributed by atoms with Gasteiger partial charge < -0.3 is 15.1 Å². The zero-order valence-corrected chi connectivity index (χ0v) is 17.3. The molecule has 0 saturated carbocycles. The highest BCUT2D eigenvalue weighted by Gasteiger charge is 2.41. The maximum Gasteiger partial charge on any atom is 0.297 e. The normalized spacial score (nSPS) is 18.6. The summed E-state index contributed by atoms with van der Waals surface area (Å²) in [6.45, 7) is 0.711. The predicted octanol–water partition coefficient (Wildman–Crippen LogP) is 0.439. The number of sulfonamides is 1. The first-order chi connectivity index (χ1) is 14.2. The van der Waals surface area contributed by atoms with Crippen LogP contribution in [0.2, 0.25) is 0 Å². The number of nitrogens with zero attached hydrogens (tertiary/aromatic N) is 5. The van der Waals surface area contributed by atoms with E-state index in [1.165, 1.54) is 35.4 Å². The van der Waals surface area contributed by atoms with Crippen LogP contribution < -0.4 is 5.32 Å². The molecule has 0 aliphatic carbocycles. The third-order valence-electron chi connectivity index (χ3n) is 5.12. The second-order valence-electron chi connectivity index (χ2n) is 6.77. The Bertz CT molecular complexity index is 1010. The maximum atomic E-state index is 12.8. The van der Waals surface area contributed by atoms with Crippen molar-refractivity contribution < 1.29 is 18.3 Å². The van der Waals surface area contributed by atoms with Crippen LogP contribution >= 0.6 is 0 Å². The van der Waals surface area contributed by atoms with E-state index in [-0.39, 0.29) is 54.1 Å². The van der Waals surface area contributed by atoms with Crippen LogP contribution in [0.1, 0.15) is 6.42 Å². The molecule has 0 unspecified atom stereocenters. The maximum absolute atomic E-state index is 12.8. The van der Waals surface area contributed by atoms with Crippen molar-refractivity contribution in [2.24, 2.45) is 0 Å². The zero-order valence-electron chi connectivity index (χ0n) is 16.5. The Hall–Kier alpha value is -3.19. The first-order valence-corrected chi connectivity index (χ1v) is 10.6. The van der Waals surface area contributed by atoms with Gasteiger partial charge in [0.25, 0.3) is 11.4 Å². The Morgan fingerprint density at radius 3 is 2.03 bits per heavy atom. The molecule has 13 heteroatoms. The first kappa shape index (κ1) is 21.5. The van der Waals surface area contributed by atoms with Gasteiger partial charge in [-0.15, -0.1) is 0 Å². The molecular formula is C17H22N6O6S. The highest BCUT2D eigenvalue weighted by atomic mass is 32.2. The fourth-order valence-corrected chi connectivity index (χ4v) is 5.14. The lowest BCUT2D eigenvalue weighted by Gasteiger charge is -2.40. The summed E-state index contributed by atoms with van der Waals surface area (Å²) in [7, 11) is -0.640. The standard InChI is InChI=1S/C17H22N6O6S/c1-18-16-14(22(24)25)12-15(23(26)27)17(19(16)2)20-8-10-21(11-9-20)30(28,29)13-6-4-3-5-7-13/h3-7,18H,8-12H2,1-2H3. The highest BCUT2D eigenvalue weighted by Crippen LogP contribution is 2.32. The van der Waals surface area contributed by atoms with E-state index in [1.54, 1.807) is 23.1 Å². The lowest BCUT2D eigenvalue weighted by atomic mass is 10.1. The van der Waals surface area contributed by atoms with E-state index in [4.69, 9.17) is 0 Å². The molecular weight excluding hydrogens is 416 g/mol. The lowest BCUT2D eigenvalue weighted by Crippen LogP contribution is -2.51. The van der Waals surface area contributed by atoms with Crippen molar-refractivity contribution in [1.29, 1.82) is 0 Å². The second kappa shape index (κ2) is 8.28. The van der Waals surface area contributed by atoms with Crippen molar-refractivity contribution in [2.75, 3.05) is 40.3 Å². The summed E-state index contributed by atoms with van der Waals surface area (Å²) in [4.78, 5) is 25.0.